The van der Waals surface area contributed by atoms with Crippen LogP contribution in [0.1, 0.15) is 55.1 Å². The molecule has 0 aliphatic rings. The summed E-state index contributed by atoms with van der Waals surface area (Å²) < 4.78 is 18.6. The van der Waals surface area contributed by atoms with Gasteiger partial charge in [0, 0.05) is 15.6 Å². The molecule has 0 saturated carbocycles. The maximum atomic E-state index is 11.7. The minimum absolute atomic E-state index is 0.0540. The molecule has 0 spiro atoms. The van der Waals surface area contributed by atoms with Crippen LogP contribution in [0.2, 0.25) is 0 Å². The van der Waals surface area contributed by atoms with Gasteiger partial charge in [0.25, 0.3) is 0 Å². The molecule has 0 rings (SSSR count). The standard InChI is InChI=1S/C16H30O8/c1-3-5-7-10(17)13(20)15(22)16(23)14(21)11(18)9-24-12(19)8-6-4-2/h11,13-16,18,20-23H,3-9H2,1-2H3/t11-,13?,14-,15+,16+/m1/s1/i1D,2D. The second-order valence-corrected chi connectivity index (χ2v) is 5.55. The van der Waals surface area contributed by atoms with E-state index in [1.807, 2.05) is 0 Å². The average molecular weight is 352 g/mol. The molecule has 0 radical (unpaired) electrons. The molecule has 0 heterocycles. The van der Waals surface area contributed by atoms with E-state index in [-0.39, 0.29) is 26.6 Å². The number of ketones is 1. The van der Waals surface area contributed by atoms with Gasteiger partial charge in [0.05, 0.1) is 0 Å². The van der Waals surface area contributed by atoms with Crippen molar-refractivity contribution in [3.8, 4) is 0 Å². The Labute approximate surface area is 144 Å². The van der Waals surface area contributed by atoms with Gasteiger partial charge < -0.3 is 30.3 Å². The normalized spacial score (nSPS) is 18.7. The van der Waals surface area contributed by atoms with Crippen molar-refractivity contribution in [1.29, 1.82) is 0 Å². The summed E-state index contributed by atoms with van der Waals surface area (Å²) in [6.07, 6.45) is -7.89. The molecule has 0 saturated heterocycles. The summed E-state index contributed by atoms with van der Waals surface area (Å²) in [5.74, 6) is -1.38. The van der Waals surface area contributed by atoms with Crippen molar-refractivity contribution in [2.24, 2.45) is 0 Å². The summed E-state index contributed by atoms with van der Waals surface area (Å²) in [5.41, 5.74) is 0. The lowest BCUT2D eigenvalue weighted by molar-refractivity contribution is -0.163. The van der Waals surface area contributed by atoms with Crippen LogP contribution in [0.3, 0.4) is 0 Å². The maximum Gasteiger partial charge on any atom is 0.305 e. The zero-order valence-electron chi connectivity index (χ0n) is 15.7. The molecule has 8 nitrogen and oxygen atoms in total. The SMILES string of the molecule is [2H]CCCCC(=O)OC[C@@H](O)[C@@H](O)[C@H](O)[C@@H](O)C(O)C(=O)CCCC[2H]. The smallest absolute Gasteiger partial charge is 0.305 e. The van der Waals surface area contributed by atoms with Gasteiger partial charge in [0.1, 0.15) is 37.1 Å². The summed E-state index contributed by atoms with van der Waals surface area (Å²) in [6.45, 7) is -0.317. The molecular weight excluding hydrogens is 320 g/mol. The molecule has 0 aromatic heterocycles. The molecule has 24 heavy (non-hydrogen) atoms. The number of Topliss-reactive ketones (excluding diaryl/α,β-unsaturated/α-hetero) is 1. The van der Waals surface area contributed by atoms with E-state index in [0.717, 1.165) is 0 Å². The van der Waals surface area contributed by atoms with E-state index in [0.29, 0.717) is 25.7 Å². The van der Waals surface area contributed by atoms with E-state index >= 15 is 0 Å². The second kappa shape index (κ2) is 12.3. The molecule has 142 valence electrons. The molecule has 0 aliphatic carbocycles. The Morgan fingerprint density at radius 3 is 2.08 bits per heavy atom. The van der Waals surface area contributed by atoms with Crippen LogP contribution in [0, 0.1) is 0 Å². The molecule has 0 aromatic carbocycles. The summed E-state index contributed by atoms with van der Waals surface area (Å²) in [7, 11) is 0. The molecule has 8 heteroatoms. The molecule has 0 aromatic rings. The second-order valence-electron chi connectivity index (χ2n) is 5.55. The van der Waals surface area contributed by atoms with E-state index in [9.17, 15) is 35.1 Å². The van der Waals surface area contributed by atoms with Crippen molar-refractivity contribution in [3.05, 3.63) is 0 Å². The third kappa shape index (κ3) is 8.16. The van der Waals surface area contributed by atoms with E-state index in [1.54, 1.807) is 0 Å². The van der Waals surface area contributed by atoms with Gasteiger partial charge in [-0.15, -0.1) is 0 Å². The Balaban J connectivity index is 4.37. The Morgan fingerprint density at radius 1 is 0.917 bits per heavy atom. The quantitative estimate of drug-likeness (QED) is 0.216. The number of hydrogen-bond donors (Lipinski definition) is 5. The van der Waals surface area contributed by atoms with Gasteiger partial charge >= 0.3 is 5.97 Å². The molecule has 0 fully saturated rings. The van der Waals surface area contributed by atoms with Gasteiger partial charge in [-0.25, -0.2) is 0 Å². The lowest BCUT2D eigenvalue weighted by Gasteiger charge is -2.28. The van der Waals surface area contributed by atoms with Gasteiger partial charge in [0.2, 0.25) is 0 Å². The number of ether oxygens (including phenoxy) is 1. The molecule has 1 unspecified atom stereocenters. The number of rotatable bonds is 13. The van der Waals surface area contributed by atoms with Crippen molar-refractivity contribution in [3.63, 3.8) is 0 Å². The van der Waals surface area contributed by atoms with Crippen molar-refractivity contribution >= 4 is 11.8 Å². The molecule has 5 N–H and O–H groups in total. The first-order valence-electron chi connectivity index (χ1n) is 9.34. The van der Waals surface area contributed by atoms with Crippen LogP contribution in [0.4, 0.5) is 0 Å². The molecule has 0 bridgehead atoms. The zero-order chi connectivity index (χ0) is 20.1. The summed E-state index contributed by atoms with van der Waals surface area (Å²) in [5, 5.41) is 48.9. The highest BCUT2D eigenvalue weighted by Gasteiger charge is 2.37. The molecule has 0 aliphatic heterocycles. The maximum absolute atomic E-state index is 11.7. The van der Waals surface area contributed by atoms with Gasteiger partial charge in [-0.2, -0.15) is 0 Å². The van der Waals surface area contributed by atoms with Gasteiger partial charge in [-0.05, 0) is 12.8 Å². The van der Waals surface area contributed by atoms with Gasteiger partial charge in [-0.1, -0.05) is 26.6 Å². The predicted octanol–water partition coefficient (Wildman–Crippen LogP) is -0.716. The van der Waals surface area contributed by atoms with Crippen LogP contribution < -0.4 is 0 Å². The number of carbonyl (C=O) groups is 2. The van der Waals surface area contributed by atoms with Crippen molar-refractivity contribution in [2.45, 2.75) is 82.8 Å². The monoisotopic (exact) mass is 352 g/mol. The largest absolute Gasteiger partial charge is 0.463 e. The fraction of sp³-hybridized carbons (Fsp3) is 0.875. The minimum atomic E-state index is -2.03. The Morgan fingerprint density at radius 2 is 1.50 bits per heavy atom. The third-order valence-corrected chi connectivity index (χ3v) is 3.47. The Bertz CT molecular complexity index is 410. The van der Waals surface area contributed by atoms with Crippen molar-refractivity contribution < 1.29 is 42.6 Å². The first-order chi connectivity index (χ1) is 12.3. The van der Waals surface area contributed by atoms with Crippen molar-refractivity contribution in [2.75, 3.05) is 6.61 Å². The molecule has 5 atom stereocenters. The predicted molar refractivity (Wildman–Crippen MR) is 85.1 cm³/mol. The minimum Gasteiger partial charge on any atom is -0.463 e. The van der Waals surface area contributed by atoms with E-state index in [4.69, 9.17) is 7.48 Å². The number of esters is 1. The summed E-state index contributed by atoms with van der Waals surface area (Å²) in [6, 6.07) is 0. The average Bonchev–Trinajstić information content (AvgIpc) is 2.63. The fourth-order valence-corrected chi connectivity index (χ4v) is 1.87. The third-order valence-electron chi connectivity index (χ3n) is 3.47. The lowest BCUT2D eigenvalue weighted by Crippen LogP contribution is -2.52. The van der Waals surface area contributed by atoms with Crippen LogP contribution in [-0.4, -0.2) is 74.4 Å². The van der Waals surface area contributed by atoms with Gasteiger partial charge in [-0.3, -0.25) is 9.59 Å². The Kier molecular flexibility index (Phi) is 9.89. The highest BCUT2D eigenvalue weighted by atomic mass is 16.5. The van der Waals surface area contributed by atoms with E-state index < -0.39 is 48.9 Å². The van der Waals surface area contributed by atoms with Crippen LogP contribution in [0.25, 0.3) is 0 Å². The molecular formula is C16H30O8. The summed E-state index contributed by atoms with van der Waals surface area (Å²) >= 11 is 0. The van der Waals surface area contributed by atoms with E-state index in [2.05, 4.69) is 0 Å². The number of aliphatic hydroxyl groups is 5. The fourth-order valence-electron chi connectivity index (χ4n) is 1.87. The Hall–Kier alpha value is -1.06. The topological polar surface area (TPSA) is 145 Å². The van der Waals surface area contributed by atoms with Crippen LogP contribution in [0.5, 0.6) is 0 Å². The molecule has 0 amide bonds. The van der Waals surface area contributed by atoms with Crippen molar-refractivity contribution in [1.82, 2.24) is 0 Å². The number of carbonyl (C=O) groups excluding carboxylic acids is 2. The van der Waals surface area contributed by atoms with Gasteiger partial charge in [0.15, 0.2) is 5.78 Å². The number of hydrogen-bond acceptors (Lipinski definition) is 8. The van der Waals surface area contributed by atoms with Crippen LogP contribution in [0.15, 0.2) is 0 Å². The zero-order valence-corrected chi connectivity index (χ0v) is 13.7. The first-order valence-corrected chi connectivity index (χ1v) is 7.93. The first kappa shape index (κ1) is 19.3. The number of aliphatic hydroxyl groups excluding tert-OH is 5. The highest BCUT2D eigenvalue weighted by Crippen LogP contribution is 2.12. The van der Waals surface area contributed by atoms with Crippen LogP contribution >= 0.6 is 0 Å². The van der Waals surface area contributed by atoms with E-state index in [1.165, 1.54) is 0 Å². The lowest BCUT2D eigenvalue weighted by atomic mass is 9.95. The highest BCUT2D eigenvalue weighted by molar-refractivity contribution is 5.83. The summed E-state index contributed by atoms with van der Waals surface area (Å²) in [4.78, 5) is 23.1. The van der Waals surface area contributed by atoms with Crippen LogP contribution in [-0.2, 0) is 14.3 Å². The number of unbranched alkanes of at least 4 members (excludes halogenated alkanes) is 2.